The maximum Gasteiger partial charge on any atom is 0.317 e. The molecule has 0 amide bonds. The third-order valence-electron chi connectivity index (χ3n) is 1.98. The van der Waals surface area contributed by atoms with E-state index in [1.54, 1.807) is 25.1 Å². The average Bonchev–Trinajstić information content (AvgIpc) is 2.23. The molecule has 3 heteroatoms. The molecular weight excluding hydrogens is 204 g/mol. The Kier molecular flexibility index (Phi) is 4.41. The van der Waals surface area contributed by atoms with Gasteiger partial charge in [-0.15, -0.1) is 0 Å². The summed E-state index contributed by atoms with van der Waals surface area (Å²) in [5.41, 5.74) is 1.69. The fourth-order valence-corrected chi connectivity index (χ4v) is 1.17. The quantitative estimate of drug-likeness (QED) is 0.610. The average molecular weight is 218 g/mol. The van der Waals surface area contributed by atoms with Crippen LogP contribution in [0.25, 0.3) is 0 Å². The van der Waals surface area contributed by atoms with Crippen molar-refractivity contribution >= 4 is 5.97 Å². The number of hydrogen-bond acceptors (Lipinski definition) is 3. The number of ether oxygens (including phenoxy) is 1. The van der Waals surface area contributed by atoms with Gasteiger partial charge >= 0.3 is 5.97 Å². The van der Waals surface area contributed by atoms with Crippen molar-refractivity contribution in [2.45, 2.75) is 20.3 Å². The molecule has 84 valence electrons. The number of carbonyl (C=O) groups excluding carboxylic acids is 1. The lowest BCUT2D eigenvalue weighted by Crippen LogP contribution is -2.01. The summed E-state index contributed by atoms with van der Waals surface area (Å²) in [7, 11) is 0. The molecule has 1 rings (SSSR count). The number of aryl methyl sites for hydroxylation is 1. The molecule has 0 aliphatic rings. The Hall–Kier alpha value is -1.95. The third kappa shape index (κ3) is 3.66. The number of aromatic hydroxyl groups is 1. The maximum absolute atomic E-state index is 11.0. The Labute approximate surface area is 95.1 Å². The molecule has 1 aromatic carbocycles. The van der Waals surface area contributed by atoms with Gasteiger partial charge in [0.15, 0.2) is 0 Å². The van der Waals surface area contributed by atoms with Crippen molar-refractivity contribution in [3.63, 3.8) is 0 Å². The lowest BCUT2D eigenvalue weighted by molar-refractivity contribution is -0.141. The molecule has 16 heavy (non-hydrogen) atoms. The molecule has 3 nitrogen and oxygen atoms in total. The second kappa shape index (κ2) is 5.82. The van der Waals surface area contributed by atoms with E-state index >= 15 is 0 Å². The van der Waals surface area contributed by atoms with Gasteiger partial charge in [-0.25, -0.2) is 0 Å². The molecule has 0 heterocycles. The van der Waals surface area contributed by atoms with E-state index < -0.39 is 0 Å². The van der Waals surface area contributed by atoms with Crippen LogP contribution < -0.4 is 0 Å². The first kappa shape index (κ1) is 12.1. The van der Waals surface area contributed by atoms with Gasteiger partial charge < -0.3 is 9.84 Å². The van der Waals surface area contributed by atoms with Crippen molar-refractivity contribution < 1.29 is 14.6 Å². The predicted octanol–water partition coefficient (Wildman–Crippen LogP) is 2.01. The standard InChI is InChI=1S/C13H14O3/c1-3-16-13(15)6-4-5-11-9-12(14)8-7-10(11)2/h7-9,14H,3,6H2,1-2H3. The molecule has 0 aliphatic carbocycles. The highest BCUT2D eigenvalue weighted by Crippen LogP contribution is 2.14. The Morgan fingerprint density at radius 3 is 2.94 bits per heavy atom. The minimum absolute atomic E-state index is 0.0724. The Bertz CT molecular complexity index is 438. The highest BCUT2D eigenvalue weighted by Gasteiger charge is 1.98. The van der Waals surface area contributed by atoms with Crippen molar-refractivity contribution in [1.29, 1.82) is 0 Å². The fraction of sp³-hybridized carbons (Fsp3) is 0.308. The van der Waals surface area contributed by atoms with E-state index in [0.29, 0.717) is 6.61 Å². The van der Waals surface area contributed by atoms with E-state index in [1.165, 1.54) is 0 Å². The summed E-state index contributed by atoms with van der Waals surface area (Å²) in [5, 5.41) is 9.27. The van der Waals surface area contributed by atoms with Crippen molar-refractivity contribution in [2.24, 2.45) is 0 Å². The van der Waals surface area contributed by atoms with Gasteiger partial charge in [0.2, 0.25) is 0 Å². The summed E-state index contributed by atoms with van der Waals surface area (Å²) >= 11 is 0. The number of esters is 1. The molecule has 0 unspecified atom stereocenters. The molecule has 0 atom stereocenters. The lowest BCUT2D eigenvalue weighted by Gasteiger charge is -1.98. The molecule has 1 aromatic rings. The lowest BCUT2D eigenvalue weighted by atomic mass is 10.1. The van der Waals surface area contributed by atoms with E-state index in [1.807, 2.05) is 6.92 Å². The van der Waals surface area contributed by atoms with Crippen LogP contribution in [-0.4, -0.2) is 17.7 Å². The summed E-state index contributed by atoms with van der Waals surface area (Å²) in [6, 6.07) is 4.96. The molecule has 0 aromatic heterocycles. The second-order valence-electron chi connectivity index (χ2n) is 3.28. The largest absolute Gasteiger partial charge is 0.508 e. The van der Waals surface area contributed by atoms with Crippen LogP contribution in [0.4, 0.5) is 0 Å². The number of phenolic OH excluding ortho intramolecular Hbond substituents is 1. The normalized spacial score (nSPS) is 9.12. The topological polar surface area (TPSA) is 46.5 Å². The van der Waals surface area contributed by atoms with E-state index in [-0.39, 0.29) is 18.1 Å². The number of rotatable bonds is 2. The van der Waals surface area contributed by atoms with E-state index in [9.17, 15) is 9.90 Å². The summed E-state index contributed by atoms with van der Waals surface area (Å²) < 4.78 is 4.74. The minimum Gasteiger partial charge on any atom is -0.508 e. The zero-order chi connectivity index (χ0) is 12.0. The van der Waals surface area contributed by atoms with Gasteiger partial charge in [0.1, 0.15) is 12.2 Å². The molecule has 0 spiro atoms. The molecule has 0 saturated heterocycles. The summed E-state index contributed by atoms with van der Waals surface area (Å²) in [4.78, 5) is 11.0. The van der Waals surface area contributed by atoms with Crippen molar-refractivity contribution in [1.82, 2.24) is 0 Å². The maximum atomic E-state index is 11.0. The Morgan fingerprint density at radius 1 is 1.50 bits per heavy atom. The summed E-state index contributed by atoms with van der Waals surface area (Å²) in [5.74, 6) is 5.40. The van der Waals surface area contributed by atoms with Crippen LogP contribution in [-0.2, 0) is 9.53 Å². The first-order valence-electron chi connectivity index (χ1n) is 5.07. The molecule has 0 radical (unpaired) electrons. The van der Waals surface area contributed by atoms with Crippen LogP contribution >= 0.6 is 0 Å². The summed E-state index contributed by atoms with van der Waals surface area (Å²) in [6.45, 7) is 4.02. The molecular formula is C13H14O3. The van der Waals surface area contributed by atoms with Crippen LogP contribution in [0.15, 0.2) is 18.2 Å². The van der Waals surface area contributed by atoms with E-state index in [4.69, 9.17) is 4.74 Å². The molecule has 1 N–H and O–H groups in total. The highest BCUT2D eigenvalue weighted by molar-refractivity contribution is 5.72. The van der Waals surface area contributed by atoms with Crippen molar-refractivity contribution in [3.05, 3.63) is 29.3 Å². The fourth-order valence-electron chi connectivity index (χ4n) is 1.17. The van der Waals surface area contributed by atoms with Crippen LogP contribution in [0.3, 0.4) is 0 Å². The van der Waals surface area contributed by atoms with Crippen LogP contribution in [0, 0.1) is 18.8 Å². The van der Waals surface area contributed by atoms with Gasteiger partial charge in [-0.05, 0) is 31.5 Å². The monoisotopic (exact) mass is 218 g/mol. The number of benzene rings is 1. The second-order valence-corrected chi connectivity index (χ2v) is 3.28. The molecule has 0 fully saturated rings. The number of carbonyl (C=O) groups is 1. The van der Waals surface area contributed by atoms with Crippen LogP contribution in [0.1, 0.15) is 24.5 Å². The zero-order valence-electron chi connectivity index (χ0n) is 9.41. The van der Waals surface area contributed by atoms with Crippen molar-refractivity contribution in [3.8, 4) is 17.6 Å². The van der Waals surface area contributed by atoms with Gasteiger partial charge in [-0.2, -0.15) is 0 Å². The highest BCUT2D eigenvalue weighted by atomic mass is 16.5. The molecule has 0 saturated carbocycles. The van der Waals surface area contributed by atoms with Crippen molar-refractivity contribution in [2.75, 3.05) is 6.61 Å². The smallest absolute Gasteiger partial charge is 0.317 e. The van der Waals surface area contributed by atoms with Gasteiger partial charge in [0, 0.05) is 5.56 Å². The van der Waals surface area contributed by atoms with Gasteiger partial charge in [0.05, 0.1) is 6.61 Å². The number of phenols is 1. The third-order valence-corrected chi connectivity index (χ3v) is 1.98. The Morgan fingerprint density at radius 2 is 2.25 bits per heavy atom. The van der Waals surface area contributed by atoms with E-state index in [0.717, 1.165) is 11.1 Å². The first-order valence-corrected chi connectivity index (χ1v) is 5.07. The summed E-state index contributed by atoms with van der Waals surface area (Å²) in [6.07, 6.45) is 0.0724. The molecule has 0 aliphatic heterocycles. The molecule has 0 bridgehead atoms. The van der Waals surface area contributed by atoms with E-state index in [2.05, 4.69) is 11.8 Å². The first-order chi connectivity index (χ1) is 7.63. The predicted molar refractivity (Wildman–Crippen MR) is 61.0 cm³/mol. The van der Waals surface area contributed by atoms with Gasteiger partial charge in [-0.1, -0.05) is 17.9 Å². The Balaban J connectivity index is 2.69. The number of hydrogen-bond donors (Lipinski definition) is 1. The zero-order valence-corrected chi connectivity index (χ0v) is 9.41. The van der Waals surface area contributed by atoms with Crippen LogP contribution in [0.5, 0.6) is 5.75 Å². The van der Waals surface area contributed by atoms with Gasteiger partial charge in [-0.3, -0.25) is 4.79 Å². The van der Waals surface area contributed by atoms with Gasteiger partial charge in [0.25, 0.3) is 0 Å². The minimum atomic E-state index is -0.326. The SMILES string of the molecule is CCOC(=O)CC#Cc1cc(O)ccc1C. The van der Waals surface area contributed by atoms with Crippen LogP contribution in [0.2, 0.25) is 0 Å².